The molecule has 0 radical (unpaired) electrons. The number of hydrogen-bond acceptors (Lipinski definition) is 3. The predicted octanol–water partition coefficient (Wildman–Crippen LogP) is 3.87. The van der Waals surface area contributed by atoms with Crippen molar-refractivity contribution >= 4 is 11.3 Å². The number of rotatable bonds is 2. The smallest absolute Gasteiger partial charge is 0.115 e. The number of hydrogen-bond donors (Lipinski definition) is 1. The van der Waals surface area contributed by atoms with Gasteiger partial charge in [0.2, 0.25) is 0 Å². The number of nitrogens with zero attached hydrogens (tertiary/aromatic N) is 2. The van der Waals surface area contributed by atoms with Crippen LogP contribution in [0.3, 0.4) is 0 Å². The van der Waals surface area contributed by atoms with Gasteiger partial charge in [0, 0.05) is 28.5 Å². The van der Waals surface area contributed by atoms with Gasteiger partial charge >= 0.3 is 0 Å². The third kappa shape index (κ3) is 2.31. The fraction of sp³-hybridized carbons (Fsp3) is 0.562. The molecule has 2 heterocycles. The number of aromatic nitrogens is 2. The Labute approximate surface area is 124 Å². The minimum absolute atomic E-state index is 0.154. The van der Waals surface area contributed by atoms with E-state index in [1.54, 1.807) is 11.3 Å². The highest BCUT2D eigenvalue weighted by molar-refractivity contribution is 7.09. The van der Waals surface area contributed by atoms with Gasteiger partial charge in [0.05, 0.1) is 12.1 Å². The Kier molecular flexibility index (Phi) is 3.26. The van der Waals surface area contributed by atoms with Gasteiger partial charge in [0.25, 0.3) is 0 Å². The van der Waals surface area contributed by atoms with Crippen molar-refractivity contribution in [2.45, 2.75) is 52.7 Å². The first-order valence-corrected chi connectivity index (χ1v) is 8.05. The molecule has 3 rings (SSSR count). The molecule has 4 heteroatoms. The third-order valence-electron chi connectivity index (χ3n) is 4.22. The van der Waals surface area contributed by atoms with Gasteiger partial charge in [-0.3, -0.25) is 0 Å². The summed E-state index contributed by atoms with van der Waals surface area (Å²) in [5.74, 6) is 0. The largest absolute Gasteiger partial charge is 0.388 e. The molecule has 2 unspecified atom stereocenters. The second kappa shape index (κ2) is 4.71. The summed E-state index contributed by atoms with van der Waals surface area (Å²) in [7, 11) is 0. The first kappa shape index (κ1) is 13.8. The van der Waals surface area contributed by atoms with E-state index in [0.717, 1.165) is 29.1 Å². The van der Waals surface area contributed by atoms with E-state index in [0.29, 0.717) is 0 Å². The molecule has 0 saturated carbocycles. The first-order valence-electron chi connectivity index (χ1n) is 7.17. The molecule has 2 atom stereocenters. The number of aryl methyl sites for hydroxylation is 1. The topological polar surface area (TPSA) is 38.0 Å². The lowest BCUT2D eigenvalue weighted by molar-refractivity contribution is 0.0977. The molecule has 0 aliphatic heterocycles. The minimum atomic E-state index is -0.333. The number of aliphatic hydroxyl groups excluding tert-OH is 1. The summed E-state index contributed by atoms with van der Waals surface area (Å²) in [6, 6.07) is 2.31. The van der Waals surface area contributed by atoms with Crippen LogP contribution in [0.4, 0.5) is 0 Å². The second-order valence-electron chi connectivity index (χ2n) is 6.69. The summed E-state index contributed by atoms with van der Waals surface area (Å²) >= 11 is 1.71. The van der Waals surface area contributed by atoms with Crippen molar-refractivity contribution < 1.29 is 5.11 Å². The Bertz CT molecular complexity index is 626. The zero-order valence-electron chi connectivity index (χ0n) is 12.6. The molecule has 0 aromatic carbocycles. The molecule has 2 aromatic rings. The van der Waals surface area contributed by atoms with Gasteiger partial charge in [-0.2, -0.15) is 0 Å². The van der Waals surface area contributed by atoms with Crippen molar-refractivity contribution in [3.05, 3.63) is 39.6 Å². The van der Waals surface area contributed by atoms with Crippen LogP contribution >= 0.6 is 11.3 Å². The molecule has 1 aliphatic rings. The van der Waals surface area contributed by atoms with E-state index in [9.17, 15) is 5.11 Å². The number of fused-ring (bicyclic) bond motifs is 1. The van der Waals surface area contributed by atoms with Crippen molar-refractivity contribution in [1.82, 2.24) is 9.55 Å². The predicted molar refractivity (Wildman–Crippen MR) is 82.2 cm³/mol. The maximum Gasteiger partial charge on any atom is 0.115 e. The average molecular weight is 290 g/mol. The Morgan fingerprint density at radius 3 is 2.90 bits per heavy atom. The Balaban J connectivity index is 2.00. The molecule has 108 valence electrons. The van der Waals surface area contributed by atoms with Crippen molar-refractivity contribution in [1.29, 1.82) is 0 Å². The molecule has 0 bridgehead atoms. The lowest BCUT2D eigenvalue weighted by atomic mass is 9.75. The standard InChI is InChI=1S/C16H22N2OS/c1-10-9-20-15(17-10)11(2)18-6-5-12-13(18)7-16(3,4)8-14(12)19/h5-6,9,11,14,19H,7-8H2,1-4H3. The number of thiazole rings is 1. The second-order valence-corrected chi connectivity index (χ2v) is 7.58. The summed E-state index contributed by atoms with van der Waals surface area (Å²) in [6.07, 6.45) is 3.63. The minimum Gasteiger partial charge on any atom is -0.388 e. The zero-order valence-corrected chi connectivity index (χ0v) is 13.4. The molecule has 0 spiro atoms. The van der Waals surface area contributed by atoms with Crippen LogP contribution in [0.2, 0.25) is 0 Å². The molecule has 0 saturated heterocycles. The van der Waals surface area contributed by atoms with E-state index >= 15 is 0 Å². The SMILES string of the molecule is Cc1csc(C(C)n2ccc3c2CC(C)(C)CC3O)n1. The van der Waals surface area contributed by atoms with Gasteiger partial charge in [-0.05, 0) is 38.2 Å². The van der Waals surface area contributed by atoms with Crippen LogP contribution in [0, 0.1) is 12.3 Å². The summed E-state index contributed by atoms with van der Waals surface area (Å²) in [6.45, 7) is 8.68. The van der Waals surface area contributed by atoms with E-state index in [2.05, 4.69) is 48.0 Å². The maximum atomic E-state index is 10.3. The lowest BCUT2D eigenvalue weighted by Gasteiger charge is -2.34. The summed E-state index contributed by atoms with van der Waals surface area (Å²) in [4.78, 5) is 4.61. The van der Waals surface area contributed by atoms with Crippen LogP contribution < -0.4 is 0 Å². The van der Waals surface area contributed by atoms with E-state index in [4.69, 9.17) is 0 Å². The molecule has 0 fully saturated rings. The van der Waals surface area contributed by atoms with Crippen LogP contribution in [0.25, 0.3) is 0 Å². The quantitative estimate of drug-likeness (QED) is 0.912. The first-order chi connectivity index (χ1) is 9.37. The third-order valence-corrected chi connectivity index (χ3v) is 5.35. The van der Waals surface area contributed by atoms with Crippen molar-refractivity contribution in [3.8, 4) is 0 Å². The summed E-state index contributed by atoms with van der Waals surface area (Å²) in [5, 5.41) is 13.6. The highest BCUT2D eigenvalue weighted by Gasteiger charge is 2.34. The molecular formula is C16H22N2OS. The van der Waals surface area contributed by atoms with Gasteiger partial charge in [0.1, 0.15) is 5.01 Å². The van der Waals surface area contributed by atoms with Gasteiger partial charge in [-0.25, -0.2) is 4.98 Å². The molecule has 1 aliphatic carbocycles. The van der Waals surface area contributed by atoms with Crippen molar-refractivity contribution in [2.75, 3.05) is 0 Å². The molecule has 2 aromatic heterocycles. The molecule has 3 nitrogen and oxygen atoms in total. The van der Waals surface area contributed by atoms with Crippen LogP contribution in [0.1, 0.15) is 61.3 Å². The molecule has 20 heavy (non-hydrogen) atoms. The molecule has 1 N–H and O–H groups in total. The molecular weight excluding hydrogens is 268 g/mol. The normalized spacial score (nSPS) is 22.6. The fourth-order valence-electron chi connectivity index (χ4n) is 3.20. The Hall–Kier alpha value is -1.13. The van der Waals surface area contributed by atoms with Gasteiger partial charge in [0.15, 0.2) is 0 Å². The number of aliphatic hydroxyl groups is 1. The monoisotopic (exact) mass is 290 g/mol. The summed E-state index contributed by atoms with van der Waals surface area (Å²) < 4.78 is 2.29. The highest BCUT2D eigenvalue weighted by atomic mass is 32.1. The highest BCUT2D eigenvalue weighted by Crippen LogP contribution is 2.42. The van der Waals surface area contributed by atoms with Gasteiger partial charge < -0.3 is 9.67 Å². The van der Waals surface area contributed by atoms with Crippen LogP contribution in [-0.4, -0.2) is 14.7 Å². The lowest BCUT2D eigenvalue weighted by Crippen LogP contribution is -2.27. The van der Waals surface area contributed by atoms with Gasteiger partial charge in [-0.15, -0.1) is 11.3 Å². The zero-order chi connectivity index (χ0) is 14.5. The average Bonchev–Trinajstić information content (AvgIpc) is 2.93. The van der Waals surface area contributed by atoms with Crippen molar-refractivity contribution in [3.63, 3.8) is 0 Å². The molecule has 0 amide bonds. The van der Waals surface area contributed by atoms with E-state index in [-0.39, 0.29) is 17.6 Å². The van der Waals surface area contributed by atoms with Crippen LogP contribution in [-0.2, 0) is 6.42 Å². The van der Waals surface area contributed by atoms with E-state index < -0.39 is 0 Å². The fourth-order valence-corrected chi connectivity index (χ4v) is 4.05. The maximum absolute atomic E-state index is 10.3. The summed E-state index contributed by atoms with van der Waals surface area (Å²) in [5.41, 5.74) is 3.61. The Morgan fingerprint density at radius 1 is 1.50 bits per heavy atom. The van der Waals surface area contributed by atoms with E-state index in [1.165, 1.54) is 5.69 Å². The van der Waals surface area contributed by atoms with Gasteiger partial charge in [-0.1, -0.05) is 13.8 Å². The Morgan fingerprint density at radius 2 is 2.25 bits per heavy atom. The van der Waals surface area contributed by atoms with Crippen LogP contribution in [0.5, 0.6) is 0 Å². The van der Waals surface area contributed by atoms with Crippen LogP contribution in [0.15, 0.2) is 17.6 Å². The van der Waals surface area contributed by atoms with Crippen molar-refractivity contribution in [2.24, 2.45) is 5.41 Å². The van der Waals surface area contributed by atoms with E-state index in [1.807, 2.05) is 6.92 Å².